The summed E-state index contributed by atoms with van der Waals surface area (Å²) in [6, 6.07) is 3.95. The Kier molecular flexibility index (Phi) is 6.20. The molecule has 4 N–H and O–H groups in total. The van der Waals surface area contributed by atoms with Crippen LogP contribution in [0.3, 0.4) is 0 Å². The zero-order valence-electron chi connectivity index (χ0n) is 19.3. The molecule has 2 aliphatic heterocycles. The molecule has 0 spiro atoms. The zero-order chi connectivity index (χ0) is 24.5. The molecule has 5 heterocycles. The number of nitrogens with zero attached hydrogens (tertiary/aromatic N) is 6. The van der Waals surface area contributed by atoms with Gasteiger partial charge in [-0.05, 0) is 37.8 Å². The van der Waals surface area contributed by atoms with Crippen LogP contribution in [0.5, 0.6) is 0 Å². The van der Waals surface area contributed by atoms with Crippen LogP contribution >= 0.6 is 11.3 Å². The van der Waals surface area contributed by atoms with Crippen molar-refractivity contribution in [2.45, 2.75) is 32.7 Å². The first-order valence-corrected chi connectivity index (χ1v) is 12.3. The van der Waals surface area contributed by atoms with Crippen molar-refractivity contribution >= 4 is 45.9 Å². The molecule has 0 unspecified atom stereocenters. The number of carbonyl (C=O) groups excluding carboxylic acids is 1. The third kappa shape index (κ3) is 4.74. The summed E-state index contributed by atoms with van der Waals surface area (Å²) in [6.07, 6.45) is 5.77. The molecule has 3 aromatic rings. The summed E-state index contributed by atoms with van der Waals surface area (Å²) in [7, 11) is 0. The maximum absolute atomic E-state index is 11.6. The lowest BCUT2D eigenvalue weighted by molar-refractivity contribution is -0.122. The summed E-state index contributed by atoms with van der Waals surface area (Å²) in [4.78, 5) is 45.9. The van der Waals surface area contributed by atoms with Gasteiger partial charge < -0.3 is 20.6 Å². The molecule has 3 aromatic heterocycles. The Morgan fingerprint density at radius 2 is 1.97 bits per heavy atom. The molecule has 0 aromatic carbocycles. The van der Waals surface area contributed by atoms with Gasteiger partial charge in [0.25, 0.3) is 0 Å². The Bertz CT molecular complexity index is 1260. The predicted octanol–water partition coefficient (Wildman–Crippen LogP) is 2.34. The fraction of sp³-hybridized carbons (Fsp3) is 0.391. The molecule has 1 fully saturated rings. The average Bonchev–Trinajstić information content (AvgIpc) is 3.42. The fourth-order valence-corrected chi connectivity index (χ4v) is 5.40. The maximum Gasteiger partial charge on any atom is 0.347 e. The van der Waals surface area contributed by atoms with Crippen LogP contribution in [0, 0.1) is 12.8 Å². The smallest absolute Gasteiger partial charge is 0.347 e. The van der Waals surface area contributed by atoms with Crippen molar-refractivity contribution in [3.05, 3.63) is 46.2 Å². The van der Waals surface area contributed by atoms with Gasteiger partial charge in [-0.2, -0.15) is 9.97 Å². The Balaban J connectivity index is 1.48. The van der Waals surface area contributed by atoms with Crippen LogP contribution in [0.2, 0.25) is 0 Å². The van der Waals surface area contributed by atoms with E-state index < -0.39 is 5.97 Å². The van der Waals surface area contributed by atoms with Gasteiger partial charge in [-0.15, -0.1) is 0 Å². The van der Waals surface area contributed by atoms with Crippen molar-refractivity contribution in [2.75, 3.05) is 34.8 Å². The van der Waals surface area contributed by atoms with Gasteiger partial charge >= 0.3 is 5.97 Å². The Hall–Kier alpha value is -3.80. The lowest BCUT2D eigenvalue weighted by Gasteiger charge is -2.32. The molecule has 0 bridgehead atoms. The number of aromatic carboxylic acids is 1. The molecular formula is C23H26N8O3S. The lowest BCUT2D eigenvalue weighted by atomic mass is 9.96. The van der Waals surface area contributed by atoms with Crippen LogP contribution in [0.25, 0.3) is 0 Å². The molecule has 12 heteroatoms. The molecule has 5 rings (SSSR count). The minimum atomic E-state index is -1.01. The first-order chi connectivity index (χ1) is 16.9. The van der Waals surface area contributed by atoms with Crippen LogP contribution in [-0.2, 0) is 17.8 Å². The number of hydrogen-bond acceptors (Lipinski definition) is 10. The molecule has 0 radical (unpaired) electrons. The van der Waals surface area contributed by atoms with Crippen molar-refractivity contribution in [2.24, 2.45) is 11.7 Å². The highest BCUT2D eigenvalue weighted by Gasteiger charge is 2.31. The fourth-order valence-electron chi connectivity index (χ4n) is 4.60. The first-order valence-electron chi connectivity index (χ1n) is 11.5. The van der Waals surface area contributed by atoms with Gasteiger partial charge in [-0.3, -0.25) is 15.1 Å². The Morgan fingerprint density at radius 3 is 2.63 bits per heavy atom. The van der Waals surface area contributed by atoms with Gasteiger partial charge in [0, 0.05) is 50.1 Å². The maximum atomic E-state index is 11.6. The highest BCUT2D eigenvalue weighted by molar-refractivity contribution is 7.17. The monoisotopic (exact) mass is 494 g/mol. The highest BCUT2D eigenvalue weighted by atomic mass is 32.1. The topological polar surface area (TPSA) is 150 Å². The molecule has 35 heavy (non-hydrogen) atoms. The number of nitrogens with one attached hydrogen (secondary N) is 1. The number of nitrogens with two attached hydrogens (primary N) is 1. The molecule has 182 valence electrons. The summed E-state index contributed by atoms with van der Waals surface area (Å²) in [5.74, 6) is 0.651. The number of fused-ring (bicyclic) bond motifs is 1. The number of thiazole rings is 1. The minimum absolute atomic E-state index is 0.117. The van der Waals surface area contributed by atoms with Crippen molar-refractivity contribution in [3.63, 3.8) is 0 Å². The number of rotatable bonds is 7. The number of primary amides is 1. The molecule has 0 saturated carbocycles. The first kappa shape index (κ1) is 23.0. The van der Waals surface area contributed by atoms with Crippen LogP contribution in [0.1, 0.15) is 39.3 Å². The van der Waals surface area contributed by atoms with Gasteiger partial charge in [0.2, 0.25) is 11.9 Å². The average molecular weight is 495 g/mol. The number of piperidine rings is 1. The van der Waals surface area contributed by atoms with E-state index in [4.69, 9.17) is 15.7 Å². The molecule has 0 atom stereocenters. The number of pyridine rings is 1. The molecule has 11 nitrogen and oxygen atoms in total. The van der Waals surface area contributed by atoms with E-state index in [0.29, 0.717) is 49.2 Å². The van der Waals surface area contributed by atoms with Gasteiger partial charge in [-0.1, -0.05) is 17.4 Å². The van der Waals surface area contributed by atoms with Gasteiger partial charge in [0.05, 0.1) is 5.69 Å². The summed E-state index contributed by atoms with van der Waals surface area (Å²) in [6.45, 7) is 4.49. The predicted molar refractivity (Wildman–Crippen MR) is 132 cm³/mol. The van der Waals surface area contributed by atoms with E-state index in [-0.39, 0.29) is 16.7 Å². The normalized spacial score (nSPS) is 15.8. The third-order valence-corrected chi connectivity index (χ3v) is 7.46. The number of aryl methyl sites for hydroxylation is 1. The van der Waals surface area contributed by atoms with E-state index in [9.17, 15) is 14.7 Å². The van der Waals surface area contributed by atoms with E-state index in [1.54, 1.807) is 13.1 Å². The van der Waals surface area contributed by atoms with Gasteiger partial charge in [0.15, 0.2) is 5.13 Å². The zero-order valence-corrected chi connectivity index (χ0v) is 20.1. The molecular weight excluding hydrogens is 468 g/mol. The Labute approximate surface area is 206 Å². The second-order valence-corrected chi connectivity index (χ2v) is 9.73. The highest BCUT2D eigenvalue weighted by Crippen LogP contribution is 2.37. The second kappa shape index (κ2) is 9.45. The van der Waals surface area contributed by atoms with Crippen LogP contribution in [0.15, 0.2) is 24.5 Å². The van der Waals surface area contributed by atoms with E-state index >= 15 is 0 Å². The van der Waals surface area contributed by atoms with E-state index in [1.165, 1.54) is 0 Å². The van der Waals surface area contributed by atoms with E-state index in [1.807, 2.05) is 18.3 Å². The molecule has 1 saturated heterocycles. The van der Waals surface area contributed by atoms with Crippen LogP contribution in [0.4, 0.5) is 22.7 Å². The number of carboxylic acids is 1. The number of anilines is 4. The molecule has 0 aliphatic carbocycles. The Morgan fingerprint density at radius 1 is 1.20 bits per heavy atom. The largest absolute Gasteiger partial charge is 0.477 e. The standard InChI is InChI=1S/C23H26N8O3S/c1-13-17(21(33)34)35-23(26-13)29-22-27-19(30-8-4-15(5-9-30)18(24)32)16-6-10-31(20(16)28-22)12-14-3-2-7-25-11-14/h2-3,7,11,15H,4-6,8-10,12H2,1H3,(H2,24,32)(H,33,34)(H,26,27,28,29). The van der Waals surface area contributed by atoms with Crippen LogP contribution in [-0.4, -0.2) is 56.6 Å². The summed E-state index contributed by atoms with van der Waals surface area (Å²) >= 11 is 1.06. The van der Waals surface area contributed by atoms with E-state index in [2.05, 4.69) is 25.1 Å². The SMILES string of the molecule is Cc1nc(Nc2nc(N3CCC(C(N)=O)CC3)c3c(n2)N(Cc2cccnc2)CC3)sc1C(=O)O. The summed E-state index contributed by atoms with van der Waals surface area (Å²) in [5, 5.41) is 12.9. The van der Waals surface area contributed by atoms with Gasteiger partial charge in [0.1, 0.15) is 16.5 Å². The van der Waals surface area contributed by atoms with Gasteiger partial charge in [-0.25, -0.2) is 9.78 Å². The quantitative estimate of drug-likeness (QED) is 0.446. The minimum Gasteiger partial charge on any atom is -0.477 e. The molecule has 1 amide bonds. The number of carboxylic acid groups (broad SMARTS) is 1. The van der Waals surface area contributed by atoms with Crippen molar-refractivity contribution in [1.29, 1.82) is 0 Å². The summed E-state index contributed by atoms with van der Waals surface area (Å²) < 4.78 is 0. The van der Waals surface area contributed by atoms with Crippen molar-refractivity contribution < 1.29 is 14.7 Å². The number of hydrogen-bond donors (Lipinski definition) is 3. The van der Waals surface area contributed by atoms with E-state index in [0.717, 1.165) is 47.1 Å². The van der Waals surface area contributed by atoms with Crippen molar-refractivity contribution in [1.82, 2.24) is 19.9 Å². The second-order valence-electron chi connectivity index (χ2n) is 8.73. The lowest BCUT2D eigenvalue weighted by Crippen LogP contribution is -2.39. The number of carbonyl (C=O) groups is 2. The number of aromatic nitrogens is 4. The van der Waals surface area contributed by atoms with Crippen LogP contribution < -0.4 is 20.9 Å². The van der Waals surface area contributed by atoms with Crippen molar-refractivity contribution in [3.8, 4) is 0 Å². The number of amides is 1. The molecule has 2 aliphatic rings. The third-order valence-electron chi connectivity index (χ3n) is 6.40. The summed E-state index contributed by atoms with van der Waals surface area (Å²) in [5.41, 5.74) is 8.12.